The highest BCUT2D eigenvalue weighted by Crippen LogP contribution is 2.35. The van der Waals surface area contributed by atoms with Crippen molar-refractivity contribution in [1.29, 1.82) is 0 Å². The van der Waals surface area contributed by atoms with Crippen LogP contribution in [0.25, 0.3) is 0 Å². The van der Waals surface area contributed by atoms with Gasteiger partial charge in [0, 0.05) is 14.6 Å². The minimum absolute atomic E-state index is 0.350. The summed E-state index contributed by atoms with van der Waals surface area (Å²) in [6.45, 7) is 0. The van der Waals surface area contributed by atoms with Crippen molar-refractivity contribution >= 4 is 33.7 Å². The fraction of sp³-hybridized carbons (Fsp3) is 0.417. The van der Waals surface area contributed by atoms with Crippen molar-refractivity contribution in [2.24, 2.45) is 0 Å². The zero-order valence-electron chi connectivity index (χ0n) is 8.78. The predicted molar refractivity (Wildman–Crippen MR) is 69.2 cm³/mol. The van der Waals surface area contributed by atoms with Gasteiger partial charge in [0.15, 0.2) is 0 Å². The first-order chi connectivity index (χ1) is 7.66. The monoisotopic (exact) mass is 300 g/mol. The van der Waals surface area contributed by atoms with Crippen LogP contribution in [0.4, 0.5) is 0 Å². The van der Waals surface area contributed by atoms with Gasteiger partial charge >= 0.3 is 5.97 Å². The van der Waals surface area contributed by atoms with E-state index in [1.807, 2.05) is 23.9 Å². The van der Waals surface area contributed by atoms with Gasteiger partial charge in [0.2, 0.25) is 0 Å². The number of rotatable bonds is 3. The van der Waals surface area contributed by atoms with Crippen LogP contribution < -0.4 is 0 Å². The highest BCUT2D eigenvalue weighted by molar-refractivity contribution is 9.10. The molecule has 1 aromatic carbocycles. The van der Waals surface area contributed by atoms with E-state index in [2.05, 4.69) is 15.9 Å². The molecule has 1 saturated carbocycles. The molecule has 0 unspecified atom stereocenters. The SMILES string of the molecule is O=C(O)c1cc(SC2CCCC2)ccc1Br. The number of hydrogen-bond donors (Lipinski definition) is 1. The molecule has 4 heteroatoms. The van der Waals surface area contributed by atoms with Gasteiger partial charge in [0.05, 0.1) is 5.56 Å². The van der Waals surface area contributed by atoms with Gasteiger partial charge < -0.3 is 5.11 Å². The molecule has 1 aliphatic rings. The fourth-order valence-electron chi connectivity index (χ4n) is 1.94. The summed E-state index contributed by atoms with van der Waals surface area (Å²) in [5.74, 6) is -0.874. The zero-order chi connectivity index (χ0) is 11.5. The molecule has 86 valence electrons. The van der Waals surface area contributed by atoms with Crippen LogP contribution in [0.1, 0.15) is 36.0 Å². The average Bonchev–Trinajstić information content (AvgIpc) is 2.73. The Balaban J connectivity index is 2.15. The van der Waals surface area contributed by atoms with Crippen LogP contribution in [-0.2, 0) is 0 Å². The molecule has 1 aliphatic carbocycles. The Morgan fingerprint density at radius 3 is 2.69 bits per heavy atom. The standard InChI is InChI=1S/C12H13BrO2S/c13-11-6-5-9(7-10(11)12(14)15)16-8-3-1-2-4-8/h5-8H,1-4H2,(H,14,15). The first kappa shape index (κ1) is 12.0. The smallest absolute Gasteiger partial charge is 0.336 e. The molecule has 2 nitrogen and oxygen atoms in total. The van der Waals surface area contributed by atoms with E-state index in [4.69, 9.17) is 5.11 Å². The maximum atomic E-state index is 11.0. The third kappa shape index (κ3) is 2.80. The van der Waals surface area contributed by atoms with Crippen molar-refractivity contribution in [1.82, 2.24) is 0 Å². The lowest BCUT2D eigenvalue weighted by atomic mass is 10.2. The lowest BCUT2D eigenvalue weighted by molar-refractivity contribution is 0.0695. The van der Waals surface area contributed by atoms with Gasteiger partial charge in [0.1, 0.15) is 0 Å². The second kappa shape index (κ2) is 5.23. The normalized spacial score (nSPS) is 16.6. The van der Waals surface area contributed by atoms with E-state index in [0.717, 1.165) is 4.90 Å². The van der Waals surface area contributed by atoms with Crippen LogP contribution in [-0.4, -0.2) is 16.3 Å². The third-order valence-electron chi connectivity index (χ3n) is 2.77. The van der Waals surface area contributed by atoms with Crippen LogP contribution in [0.2, 0.25) is 0 Å². The predicted octanol–water partition coefficient (Wildman–Crippen LogP) is 4.18. The summed E-state index contributed by atoms with van der Waals surface area (Å²) in [7, 11) is 0. The minimum atomic E-state index is -0.874. The summed E-state index contributed by atoms with van der Waals surface area (Å²) >= 11 is 5.06. The van der Waals surface area contributed by atoms with Crippen LogP contribution in [0.5, 0.6) is 0 Å². The van der Waals surface area contributed by atoms with Crippen molar-refractivity contribution in [2.45, 2.75) is 35.8 Å². The molecule has 0 atom stereocenters. The molecule has 0 amide bonds. The summed E-state index contributed by atoms with van der Waals surface area (Å²) < 4.78 is 0.649. The van der Waals surface area contributed by atoms with Gasteiger partial charge in [-0.3, -0.25) is 0 Å². The molecule has 0 bridgehead atoms. The van der Waals surface area contributed by atoms with Crippen molar-refractivity contribution in [2.75, 3.05) is 0 Å². The van der Waals surface area contributed by atoms with Crippen LogP contribution in [0, 0.1) is 0 Å². The van der Waals surface area contributed by atoms with Crippen LogP contribution in [0.3, 0.4) is 0 Å². The van der Waals surface area contributed by atoms with Gasteiger partial charge in [-0.2, -0.15) is 0 Å². The first-order valence-electron chi connectivity index (χ1n) is 5.36. The van der Waals surface area contributed by atoms with E-state index < -0.39 is 5.97 Å². The van der Waals surface area contributed by atoms with Crippen molar-refractivity contribution in [3.63, 3.8) is 0 Å². The number of carboxylic acids is 1. The molecule has 0 aromatic heterocycles. The molecule has 0 radical (unpaired) electrons. The van der Waals surface area contributed by atoms with Gasteiger partial charge in [-0.05, 0) is 47.0 Å². The van der Waals surface area contributed by atoms with E-state index in [-0.39, 0.29) is 0 Å². The molecule has 1 aromatic rings. The molecule has 2 rings (SSSR count). The minimum Gasteiger partial charge on any atom is -0.478 e. The molecule has 16 heavy (non-hydrogen) atoms. The summed E-state index contributed by atoms with van der Waals surface area (Å²) in [5.41, 5.74) is 0.350. The second-order valence-electron chi connectivity index (χ2n) is 3.97. The van der Waals surface area contributed by atoms with Crippen LogP contribution in [0.15, 0.2) is 27.6 Å². The summed E-state index contributed by atoms with van der Waals surface area (Å²) in [6, 6.07) is 5.57. The Bertz CT molecular complexity index is 400. The quantitative estimate of drug-likeness (QED) is 0.910. The number of thioether (sulfide) groups is 1. The van der Waals surface area contributed by atoms with Crippen molar-refractivity contribution in [3.05, 3.63) is 28.2 Å². The largest absolute Gasteiger partial charge is 0.478 e. The Morgan fingerprint density at radius 1 is 1.38 bits per heavy atom. The topological polar surface area (TPSA) is 37.3 Å². The fourth-order valence-corrected chi connectivity index (χ4v) is 3.64. The Kier molecular flexibility index (Phi) is 3.92. The number of benzene rings is 1. The Labute approximate surface area is 108 Å². The number of halogens is 1. The van der Waals surface area contributed by atoms with Crippen molar-refractivity contribution in [3.8, 4) is 0 Å². The van der Waals surface area contributed by atoms with E-state index >= 15 is 0 Å². The number of carboxylic acid groups (broad SMARTS) is 1. The van der Waals surface area contributed by atoms with E-state index in [1.54, 1.807) is 6.07 Å². The molecular weight excluding hydrogens is 288 g/mol. The van der Waals surface area contributed by atoms with Gasteiger partial charge in [-0.15, -0.1) is 11.8 Å². The lowest BCUT2D eigenvalue weighted by Crippen LogP contribution is -1.99. The van der Waals surface area contributed by atoms with E-state index in [9.17, 15) is 4.79 Å². The number of hydrogen-bond acceptors (Lipinski definition) is 2. The summed E-state index contributed by atoms with van der Waals surface area (Å²) in [6.07, 6.45) is 5.12. The van der Waals surface area contributed by atoms with Gasteiger partial charge in [-0.1, -0.05) is 12.8 Å². The molecule has 0 heterocycles. The first-order valence-corrected chi connectivity index (χ1v) is 7.03. The Morgan fingerprint density at radius 2 is 2.06 bits per heavy atom. The lowest BCUT2D eigenvalue weighted by Gasteiger charge is -2.09. The highest BCUT2D eigenvalue weighted by Gasteiger charge is 2.17. The van der Waals surface area contributed by atoms with Gasteiger partial charge in [-0.25, -0.2) is 4.79 Å². The number of aromatic carboxylic acids is 1. The maximum absolute atomic E-state index is 11.0. The molecule has 1 fully saturated rings. The van der Waals surface area contributed by atoms with E-state index in [1.165, 1.54) is 25.7 Å². The second-order valence-corrected chi connectivity index (χ2v) is 6.20. The average molecular weight is 301 g/mol. The van der Waals surface area contributed by atoms with Gasteiger partial charge in [0.25, 0.3) is 0 Å². The van der Waals surface area contributed by atoms with Crippen molar-refractivity contribution < 1.29 is 9.90 Å². The molecular formula is C12H13BrO2S. The van der Waals surface area contributed by atoms with Crippen LogP contribution >= 0.6 is 27.7 Å². The summed E-state index contributed by atoms with van der Waals surface area (Å²) in [5, 5.41) is 9.68. The molecule has 1 N–H and O–H groups in total. The maximum Gasteiger partial charge on any atom is 0.336 e. The molecule has 0 saturated heterocycles. The molecule has 0 aliphatic heterocycles. The zero-order valence-corrected chi connectivity index (χ0v) is 11.2. The number of carbonyl (C=O) groups is 1. The Hall–Kier alpha value is -0.480. The third-order valence-corrected chi connectivity index (χ3v) is 4.80. The summed E-state index contributed by atoms with van der Waals surface area (Å²) in [4.78, 5) is 12.0. The van der Waals surface area contributed by atoms with E-state index in [0.29, 0.717) is 15.3 Å². The highest BCUT2D eigenvalue weighted by atomic mass is 79.9. The molecule has 0 spiro atoms.